The molecule has 0 spiro atoms. The van der Waals surface area contributed by atoms with E-state index in [1.54, 1.807) is 24.0 Å². The number of hydrogen-bond acceptors (Lipinski definition) is 3. The Hall–Kier alpha value is -3.40. The third-order valence-electron chi connectivity index (χ3n) is 6.82. The van der Waals surface area contributed by atoms with Gasteiger partial charge in [0.25, 0.3) is 5.91 Å². The van der Waals surface area contributed by atoms with Crippen LogP contribution in [0.4, 0.5) is 21.9 Å². The van der Waals surface area contributed by atoms with Crippen molar-refractivity contribution in [3.8, 4) is 0 Å². The molecule has 0 radical (unpaired) electrons. The van der Waals surface area contributed by atoms with Crippen molar-refractivity contribution in [3.05, 3.63) is 87.5 Å². The summed E-state index contributed by atoms with van der Waals surface area (Å²) in [5.41, 5.74) is 3.92. The molecule has 0 aliphatic carbocycles. The van der Waals surface area contributed by atoms with Crippen molar-refractivity contribution in [1.29, 1.82) is 0 Å². The molecular weight excluding hydrogens is 567 g/mol. The second kappa shape index (κ2) is 9.93. The molecule has 1 N–H and O–H groups in total. The van der Waals surface area contributed by atoms with Crippen molar-refractivity contribution in [2.24, 2.45) is 0 Å². The van der Waals surface area contributed by atoms with Crippen molar-refractivity contribution in [3.63, 3.8) is 0 Å². The first-order valence-corrected chi connectivity index (χ1v) is 13.1. The fraction of sp³-hybridized carbons (Fsp3) is 0.250. The molecule has 2 aliphatic rings. The molecule has 7 nitrogen and oxygen atoms in total. The molecule has 4 amide bonds. The molecule has 3 aromatic carbocycles. The van der Waals surface area contributed by atoms with Crippen LogP contribution in [-0.4, -0.2) is 37.0 Å². The Labute approximate surface area is 224 Å². The summed E-state index contributed by atoms with van der Waals surface area (Å²) in [6, 6.07) is 22.5. The number of nitrogens with zero attached hydrogens (tertiary/aromatic N) is 3. The first-order valence-electron chi connectivity index (χ1n) is 12.0. The monoisotopic (exact) mass is 594 g/mol. The topological polar surface area (TPSA) is 73.0 Å². The van der Waals surface area contributed by atoms with E-state index in [2.05, 4.69) is 27.9 Å². The van der Waals surface area contributed by atoms with Crippen molar-refractivity contribution in [2.75, 3.05) is 27.8 Å². The van der Waals surface area contributed by atoms with Gasteiger partial charge in [0.15, 0.2) is 0 Å². The Kier molecular flexibility index (Phi) is 6.70. The van der Waals surface area contributed by atoms with Gasteiger partial charge in [0.05, 0.1) is 6.04 Å². The Morgan fingerprint density at radius 2 is 1.69 bits per heavy atom. The summed E-state index contributed by atoms with van der Waals surface area (Å²) in [5, 5.41) is 2.79. The minimum absolute atomic E-state index is 0.0375. The Balaban J connectivity index is 1.48. The molecule has 0 bridgehead atoms. The number of carbonyl (C=O) groups excluding carboxylic acids is 3. The summed E-state index contributed by atoms with van der Waals surface area (Å²) in [6.07, 6.45) is 0.611. The van der Waals surface area contributed by atoms with E-state index in [1.165, 1.54) is 0 Å². The van der Waals surface area contributed by atoms with Crippen LogP contribution in [0.5, 0.6) is 0 Å². The van der Waals surface area contributed by atoms with Gasteiger partial charge in [-0.2, -0.15) is 0 Å². The zero-order chi connectivity index (χ0) is 25.4. The van der Waals surface area contributed by atoms with Gasteiger partial charge in [0, 0.05) is 52.3 Å². The van der Waals surface area contributed by atoms with Crippen molar-refractivity contribution in [2.45, 2.75) is 32.4 Å². The second-order valence-electron chi connectivity index (χ2n) is 9.13. The smallest absolute Gasteiger partial charge is 0.321 e. The van der Waals surface area contributed by atoms with Crippen LogP contribution in [0, 0.1) is 3.57 Å². The summed E-state index contributed by atoms with van der Waals surface area (Å²) in [5.74, 6) is -0.140. The van der Waals surface area contributed by atoms with Crippen LogP contribution < -0.4 is 20.0 Å². The van der Waals surface area contributed by atoms with E-state index in [4.69, 9.17) is 0 Å². The first-order chi connectivity index (χ1) is 17.3. The molecule has 2 heterocycles. The number of nitrogens with one attached hydrogen (secondary N) is 1. The van der Waals surface area contributed by atoms with Crippen LogP contribution in [0.3, 0.4) is 0 Å². The number of para-hydroxylation sites is 1. The summed E-state index contributed by atoms with van der Waals surface area (Å²) in [6.45, 7) is 4.83. The van der Waals surface area contributed by atoms with Gasteiger partial charge >= 0.3 is 6.03 Å². The average Bonchev–Trinajstić information content (AvgIpc) is 3.31. The lowest BCUT2D eigenvalue weighted by Crippen LogP contribution is -2.47. The predicted molar refractivity (Wildman–Crippen MR) is 150 cm³/mol. The number of anilines is 3. The largest absolute Gasteiger partial charge is 0.336 e. The molecule has 2 atom stereocenters. The zero-order valence-corrected chi connectivity index (χ0v) is 22.3. The molecule has 36 heavy (non-hydrogen) atoms. The number of hydrogen-bond donors (Lipinski definition) is 1. The number of rotatable bonds is 4. The van der Waals surface area contributed by atoms with Gasteiger partial charge in [-0.1, -0.05) is 18.2 Å². The lowest BCUT2D eigenvalue weighted by atomic mass is 9.89. The highest BCUT2D eigenvalue weighted by atomic mass is 127. The molecule has 0 saturated carbocycles. The molecular formula is C28H27IN4O3. The minimum Gasteiger partial charge on any atom is -0.336 e. The molecule has 0 aromatic heterocycles. The average molecular weight is 594 g/mol. The lowest BCUT2D eigenvalue weighted by Gasteiger charge is -2.43. The van der Waals surface area contributed by atoms with Crippen LogP contribution >= 0.6 is 22.6 Å². The molecule has 1 saturated heterocycles. The van der Waals surface area contributed by atoms with E-state index in [9.17, 15) is 14.4 Å². The zero-order valence-electron chi connectivity index (χ0n) is 20.1. The number of amides is 4. The third-order valence-corrected chi connectivity index (χ3v) is 7.54. The van der Waals surface area contributed by atoms with Crippen LogP contribution in [0.25, 0.3) is 0 Å². The predicted octanol–water partition coefficient (Wildman–Crippen LogP) is 5.35. The standard InChI is InChI=1S/C28H27IN4O3/c1-18-17-26(33(19(2)34)23-13-9-21(29)10-14-23)24-5-3-4-6-25(24)32(18)27(35)20-7-11-22(12-8-20)31-16-15-30-28(31)36/h3-14,18,26H,15-17H2,1-2H3,(H,30,36)/t18-,26+/m0/s1. The van der Waals surface area contributed by atoms with Gasteiger partial charge in [-0.05, 0) is 96.1 Å². The van der Waals surface area contributed by atoms with E-state index in [0.29, 0.717) is 25.1 Å². The first kappa shape index (κ1) is 24.3. The normalized spacial score (nSPS) is 19.0. The summed E-state index contributed by atoms with van der Waals surface area (Å²) >= 11 is 2.25. The molecule has 2 aliphatic heterocycles. The minimum atomic E-state index is -0.186. The molecule has 3 aromatic rings. The van der Waals surface area contributed by atoms with Crippen LogP contribution in [0.1, 0.15) is 42.2 Å². The van der Waals surface area contributed by atoms with Crippen LogP contribution in [0.2, 0.25) is 0 Å². The van der Waals surface area contributed by atoms with Gasteiger partial charge in [0.1, 0.15) is 0 Å². The van der Waals surface area contributed by atoms with Crippen molar-refractivity contribution >= 4 is 57.5 Å². The molecule has 1 fully saturated rings. The number of urea groups is 1. The fourth-order valence-electron chi connectivity index (χ4n) is 5.16. The Bertz CT molecular complexity index is 1310. The van der Waals surface area contributed by atoms with Crippen LogP contribution in [0.15, 0.2) is 72.8 Å². The summed E-state index contributed by atoms with van der Waals surface area (Å²) in [7, 11) is 0. The van der Waals surface area contributed by atoms with Gasteiger partial charge in [-0.3, -0.25) is 14.5 Å². The maximum absolute atomic E-state index is 13.7. The Morgan fingerprint density at radius 1 is 1.00 bits per heavy atom. The van der Waals surface area contributed by atoms with Gasteiger partial charge in [-0.15, -0.1) is 0 Å². The SMILES string of the molecule is CC(=O)N(c1ccc(I)cc1)[C@@H]1C[C@H](C)N(C(=O)c2ccc(N3CCNC3=O)cc2)c2ccccc21. The van der Waals surface area contributed by atoms with E-state index in [-0.39, 0.29) is 29.9 Å². The molecule has 0 unspecified atom stereocenters. The Morgan fingerprint density at radius 3 is 2.33 bits per heavy atom. The number of fused-ring (bicyclic) bond motifs is 1. The number of carbonyl (C=O) groups is 3. The molecule has 5 rings (SSSR count). The summed E-state index contributed by atoms with van der Waals surface area (Å²) < 4.78 is 1.10. The van der Waals surface area contributed by atoms with Gasteiger partial charge in [0.2, 0.25) is 5.91 Å². The lowest BCUT2D eigenvalue weighted by molar-refractivity contribution is -0.117. The molecule has 184 valence electrons. The maximum atomic E-state index is 13.7. The number of benzene rings is 3. The van der Waals surface area contributed by atoms with Crippen molar-refractivity contribution in [1.82, 2.24) is 5.32 Å². The highest BCUT2D eigenvalue weighted by Crippen LogP contribution is 2.42. The molecule has 8 heteroatoms. The van der Waals surface area contributed by atoms with E-state index < -0.39 is 0 Å². The highest BCUT2D eigenvalue weighted by Gasteiger charge is 2.38. The van der Waals surface area contributed by atoms with E-state index in [1.807, 2.05) is 77.4 Å². The van der Waals surface area contributed by atoms with E-state index in [0.717, 1.165) is 26.2 Å². The van der Waals surface area contributed by atoms with Gasteiger partial charge in [-0.25, -0.2) is 4.79 Å². The van der Waals surface area contributed by atoms with Gasteiger partial charge < -0.3 is 15.1 Å². The fourth-order valence-corrected chi connectivity index (χ4v) is 5.52. The maximum Gasteiger partial charge on any atom is 0.321 e. The second-order valence-corrected chi connectivity index (χ2v) is 10.4. The third kappa shape index (κ3) is 4.45. The quantitative estimate of drug-likeness (QED) is 0.414. The number of halogens is 1. The van der Waals surface area contributed by atoms with Crippen LogP contribution in [-0.2, 0) is 4.79 Å². The summed E-state index contributed by atoms with van der Waals surface area (Å²) in [4.78, 5) is 43.9. The van der Waals surface area contributed by atoms with E-state index >= 15 is 0 Å². The van der Waals surface area contributed by atoms with Crippen molar-refractivity contribution < 1.29 is 14.4 Å². The highest BCUT2D eigenvalue weighted by molar-refractivity contribution is 14.1.